The Bertz CT molecular complexity index is 877. The summed E-state index contributed by atoms with van der Waals surface area (Å²) >= 11 is 1.61. The molecule has 0 fully saturated rings. The number of fused-ring (bicyclic) bond motifs is 1. The second-order valence-corrected chi connectivity index (χ2v) is 6.77. The fourth-order valence-corrected chi connectivity index (χ4v) is 3.52. The second kappa shape index (κ2) is 5.58. The molecule has 0 atom stereocenters. The van der Waals surface area contributed by atoms with E-state index < -0.39 is 0 Å². The van der Waals surface area contributed by atoms with E-state index in [2.05, 4.69) is 43.4 Å². The molecule has 1 aromatic heterocycles. The van der Waals surface area contributed by atoms with Crippen LogP contribution in [0.4, 0.5) is 5.69 Å². The van der Waals surface area contributed by atoms with Gasteiger partial charge in [-0.2, -0.15) is 0 Å². The van der Waals surface area contributed by atoms with Crippen LogP contribution in [0.1, 0.15) is 32.6 Å². The molecule has 0 bridgehead atoms. The average Bonchev–Trinajstić information content (AvgIpc) is 2.87. The highest BCUT2D eigenvalue weighted by molar-refractivity contribution is 7.17. The maximum Gasteiger partial charge on any atom is 0.257 e. The van der Waals surface area contributed by atoms with Crippen molar-refractivity contribution in [3.63, 3.8) is 0 Å². The van der Waals surface area contributed by atoms with Crippen LogP contribution in [0.2, 0.25) is 0 Å². The lowest BCUT2D eigenvalue weighted by atomic mass is 10.0. The van der Waals surface area contributed by atoms with Gasteiger partial charge >= 0.3 is 0 Å². The standard InChI is InChI=1S/C19H19NOS/c1-11-5-6-18-15(7-11)16(10-22-18)19(21)20-17-9-13(3)12(2)8-14(17)4/h5-10H,1-4H3,(H,20,21). The third-order valence-electron chi connectivity index (χ3n) is 4.06. The Morgan fingerprint density at radius 1 is 0.955 bits per heavy atom. The molecule has 0 aliphatic carbocycles. The van der Waals surface area contributed by atoms with Gasteiger partial charge in [0.1, 0.15) is 0 Å². The van der Waals surface area contributed by atoms with Crippen LogP contribution in [0.3, 0.4) is 0 Å². The van der Waals surface area contributed by atoms with Crippen LogP contribution < -0.4 is 5.32 Å². The number of rotatable bonds is 2. The highest BCUT2D eigenvalue weighted by Crippen LogP contribution is 2.28. The molecule has 1 heterocycles. The molecule has 2 aromatic carbocycles. The highest BCUT2D eigenvalue weighted by atomic mass is 32.1. The Labute approximate surface area is 134 Å². The molecular formula is C19H19NOS. The lowest BCUT2D eigenvalue weighted by Gasteiger charge is -2.11. The number of aryl methyl sites for hydroxylation is 4. The maximum atomic E-state index is 12.6. The normalized spacial score (nSPS) is 10.9. The molecule has 0 radical (unpaired) electrons. The lowest BCUT2D eigenvalue weighted by Crippen LogP contribution is -2.12. The molecule has 22 heavy (non-hydrogen) atoms. The second-order valence-electron chi connectivity index (χ2n) is 5.85. The average molecular weight is 309 g/mol. The van der Waals surface area contributed by atoms with Crippen LogP contribution in [0, 0.1) is 27.7 Å². The molecule has 0 aliphatic heterocycles. The van der Waals surface area contributed by atoms with Crippen molar-refractivity contribution in [1.29, 1.82) is 0 Å². The van der Waals surface area contributed by atoms with Gasteiger partial charge in [-0.05, 0) is 62.6 Å². The first-order valence-corrected chi connectivity index (χ1v) is 8.21. The minimum absolute atomic E-state index is 0.0387. The summed E-state index contributed by atoms with van der Waals surface area (Å²) in [5, 5.41) is 6.03. The molecule has 0 aliphatic rings. The van der Waals surface area contributed by atoms with Crippen molar-refractivity contribution in [1.82, 2.24) is 0 Å². The monoisotopic (exact) mass is 309 g/mol. The van der Waals surface area contributed by atoms with E-state index in [1.54, 1.807) is 11.3 Å². The van der Waals surface area contributed by atoms with Crippen molar-refractivity contribution in [3.05, 3.63) is 63.5 Å². The summed E-state index contributed by atoms with van der Waals surface area (Å²) in [6.07, 6.45) is 0. The third-order valence-corrected chi connectivity index (χ3v) is 5.03. The van der Waals surface area contributed by atoms with Gasteiger partial charge in [-0.25, -0.2) is 0 Å². The number of anilines is 1. The van der Waals surface area contributed by atoms with E-state index in [1.165, 1.54) is 16.7 Å². The van der Waals surface area contributed by atoms with Crippen molar-refractivity contribution in [2.24, 2.45) is 0 Å². The van der Waals surface area contributed by atoms with Gasteiger partial charge in [-0.15, -0.1) is 11.3 Å². The summed E-state index contributed by atoms with van der Waals surface area (Å²) in [6.45, 7) is 8.22. The molecule has 112 valence electrons. The summed E-state index contributed by atoms with van der Waals surface area (Å²) in [6, 6.07) is 10.4. The van der Waals surface area contributed by atoms with Gasteiger partial charge in [-0.3, -0.25) is 4.79 Å². The Morgan fingerprint density at radius 2 is 1.68 bits per heavy atom. The largest absolute Gasteiger partial charge is 0.322 e. The van der Waals surface area contributed by atoms with Crippen LogP contribution in [-0.4, -0.2) is 5.91 Å². The molecule has 3 aromatic rings. The van der Waals surface area contributed by atoms with Gasteiger partial charge in [-0.1, -0.05) is 17.7 Å². The van der Waals surface area contributed by atoms with E-state index in [0.29, 0.717) is 0 Å². The van der Waals surface area contributed by atoms with Crippen LogP contribution in [0.5, 0.6) is 0 Å². The van der Waals surface area contributed by atoms with E-state index in [-0.39, 0.29) is 5.91 Å². The number of carbonyl (C=O) groups is 1. The van der Waals surface area contributed by atoms with Gasteiger partial charge in [0.05, 0.1) is 5.56 Å². The molecule has 3 heteroatoms. The maximum absolute atomic E-state index is 12.6. The first kappa shape index (κ1) is 14.8. The smallest absolute Gasteiger partial charge is 0.257 e. The first-order chi connectivity index (χ1) is 10.5. The quantitative estimate of drug-likeness (QED) is 0.676. The summed E-state index contributed by atoms with van der Waals surface area (Å²) in [5.74, 6) is -0.0387. The van der Waals surface area contributed by atoms with Gasteiger partial charge in [0.25, 0.3) is 5.91 Å². The SMILES string of the molecule is Cc1ccc2scc(C(=O)Nc3cc(C)c(C)cc3C)c2c1. The zero-order valence-corrected chi connectivity index (χ0v) is 14.1. The Balaban J connectivity index is 1.97. The summed E-state index contributed by atoms with van der Waals surface area (Å²) < 4.78 is 1.15. The topological polar surface area (TPSA) is 29.1 Å². The number of amides is 1. The highest BCUT2D eigenvalue weighted by Gasteiger charge is 2.14. The summed E-state index contributed by atoms with van der Waals surface area (Å²) in [7, 11) is 0. The minimum atomic E-state index is -0.0387. The van der Waals surface area contributed by atoms with E-state index in [1.807, 2.05) is 25.3 Å². The van der Waals surface area contributed by atoms with Gasteiger partial charge < -0.3 is 5.32 Å². The van der Waals surface area contributed by atoms with E-state index in [0.717, 1.165) is 26.9 Å². The number of nitrogens with one attached hydrogen (secondary N) is 1. The van der Waals surface area contributed by atoms with Crippen LogP contribution >= 0.6 is 11.3 Å². The van der Waals surface area contributed by atoms with Gasteiger partial charge in [0.2, 0.25) is 0 Å². The molecule has 1 amide bonds. The number of benzene rings is 2. The Morgan fingerprint density at radius 3 is 2.45 bits per heavy atom. The van der Waals surface area contributed by atoms with Crippen LogP contribution in [-0.2, 0) is 0 Å². The number of thiophene rings is 1. The number of hydrogen-bond acceptors (Lipinski definition) is 2. The van der Waals surface area contributed by atoms with Crippen LogP contribution in [0.15, 0.2) is 35.7 Å². The lowest BCUT2D eigenvalue weighted by molar-refractivity contribution is 0.102. The predicted octanol–water partition coefficient (Wildman–Crippen LogP) is 5.39. The Kier molecular flexibility index (Phi) is 3.75. The predicted molar refractivity (Wildman–Crippen MR) is 95.2 cm³/mol. The van der Waals surface area contributed by atoms with E-state index >= 15 is 0 Å². The van der Waals surface area contributed by atoms with Crippen LogP contribution in [0.25, 0.3) is 10.1 Å². The molecule has 0 saturated carbocycles. The van der Waals surface area contributed by atoms with Gasteiger partial charge in [0.15, 0.2) is 0 Å². The summed E-state index contributed by atoms with van der Waals surface area (Å²) in [4.78, 5) is 12.6. The minimum Gasteiger partial charge on any atom is -0.322 e. The Hall–Kier alpha value is -2.13. The molecule has 0 spiro atoms. The molecule has 0 unspecified atom stereocenters. The molecule has 2 nitrogen and oxygen atoms in total. The van der Waals surface area contributed by atoms with Crippen molar-refractivity contribution in [2.75, 3.05) is 5.32 Å². The number of carbonyl (C=O) groups excluding carboxylic acids is 1. The zero-order valence-electron chi connectivity index (χ0n) is 13.3. The molecule has 1 N–H and O–H groups in total. The van der Waals surface area contributed by atoms with Crippen molar-refractivity contribution in [2.45, 2.75) is 27.7 Å². The van der Waals surface area contributed by atoms with E-state index in [9.17, 15) is 4.79 Å². The van der Waals surface area contributed by atoms with Gasteiger partial charge in [0, 0.05) is 21.2 Å². The third kappa shape index (κ3) is 2.64. The zero-order chi connectivity index (χ0) is 15.9. The first-order valence-electron chi connectivity index (χ1n) is 7.33. The number of hydrogen-bond donors (Lipinski definition) is 1. The fourth-order valence-electron chi connectivity index (χ4n) is 2.60. The summed E-state index contributed by atoms with van der Waals surface area (Å²) in [5.41, 5.74) is 6.33. The van der Waals surface area contributed by atoms with E-state index in [4.69, 9.17) is 0 Å². The molecular weight excluding hydrogens is 290 g/mol. The molecule has 3 rings (SSSR count). The molecule has 0 saturated heterocycles. The fraction of sp³-hybridized carbons (Fsp3) is 0.211. The van der Waals surface area contributed by atoms with Crippen molar-refractivity contribution < 1.29 is 4.79 Å². The van der Waals surface area contributed by atoms with Crippen molar-refractivity contribution >= 4 is 33.0 Å². The van der Waals surface area contributed by atoms with Crippen molar-refractivity contribution in [3.8, 4) is 0 Å².